The molecule has 0 saturated carbocycles. The Morgan fingerprint density at radius 1 is 0.516 bits per heavy atom. The second-order valence-electron chi connectivity index (χ2n) is 7.76. The Morgan fingerprint density at radius 2 is 0.710 bits per heavy atom. The Labute approximate surface area is 221 Å². The van der Waals surface area contributed by atoms with Crippen LogP contribution in [-0.4, -0.2) is 33.2 Å². The first-order chi connectivity index (χ1) is 14.2. The van der Waals surface area contributed by atoms with E-state index in [1.54, 1.807) is 0 Å². The van der Waals surface area contributed by atoms with Crippen LogP contribution in [0.3, 0.4) is 0 Å². The summed E-state index contributed by atoms with van der Waals surface area (Å²) >= 11 is 0. The Bertz CT molecular complexity index is 366. The molecule has 31 heavy (non-hydrogen) atoms. The maximum atomic E-state index is 10.4. The first-order valence-electron chi connectivity index (χ1n) is 11.8. The summed E-state index contributed by atoms with van der Waals surface area (Å²) in [6.45, 7) is 12.0. The molecular formula is C24H48DyO6. The number of unbranched alkanes of at least 4 members (excludes halogenated alkanes) is 3. The molecule has 0 aromatic heterocycles. The molecule has 0 aromatic rings. The molecule has 3 unspecified atom stereocenters. The van der Waals surface area contributed by atoms with Crippen molar-refractivity contribution in [3.8, 4) is 0 Å². The van der Waals surface area contributed by atoms with Crippen molar-refractivity contribution in [2.45, 2.75) is 119 Å². The SMILES string of the molecule is CCCCC(CC)C(=O)O.CCCCC(CC)C(=O)O.CCCCC(CC)C(=O)O.[Dy]. The smallest absolute Gasteiger partial charge is 0.306 e. The zero-order valence-corrected chi connectivity index (χ0v) is 22.6. The monoisotopic (exact) mass is 596 g/mol. The maximum Gasteiger partial charge on any atom is 0.306 e. The van der Waals surface area contributed by atoms with Gasteiger partial charge >= 0.3 is 17.9 Å². The van der Waals surface area contributed by atoms with Crippen LogP contribution in [0.1, 0.15) is 119 Å². The van der Waals surface area contributed by atoms with Crippen LogP contribution in [0.15, 0.2) is 0 Å². The average Bonchev–Trinajstić information content (AvgIpc) is 2.70. The number of rotatable bonds is 15. The van der Waals surface area contributed by atoms with Crippen molar-refractivity contribution in [2.24, 2.45) is 17.8 Å². The van der Waals surface area contributed by atoms with Gasteiger partial charge in [-0.2, -0.15) is 0 Å². The summed E-state index contributed by atoms with van der Waals surface area (Å²) < 4.78 is 0. The normalized spacial score (nSPS) is 12.6. The molecule has 3 N–H and O–H groups in total. The molecule has 0 bridgehead atoms. The third-order valence-corrected chi connectivity index (χ3v) is 5.24. The van der Waals surface area contributed by atoms with E-state index in [2.05, 4.69) is 20.8 Å². The van der Waals surface area contributed by atoms with Crippen LogP contribution >= 0.6 is 0 Å². The molecular weight excluding hydrogens is 547 g/mol. The Hall–Kier alpha value is -0.317. The van der Waals surface area contributed by atoms with Crippen molar-refractivity contribution in [1.82, 2.24) is 0 Å². The van der Waals surface area contributed by atoms with Crippen molar-refractivity contribution < 1.29 is 67.9 Å². The summed E-state index contributed by atoms with van der Waals surface area (Å²) in [6.07, 6.45) is 11.1. The molecule has 190 valence electrons. The molecule has 0 spiro atoms. The minimum Gasteiger partial charge on any atom is -0.481 e. The van der Waals surface area contributed by atoms with Crippen LogP contribution in [0.2, 0.25) is 0 Å². The van der Waals surface area contributed by atoms with Gasteiger partial charge in [-0.15, -0.1) is 0 Å². The van der Waals surface area contributed by atoms with Crippen LogP contribution in [0.5, 0.6) is 0 Å². The summed E-state index contributed by atoms with van der Waals surface area (Å²) in [5, 5.41) is 25.8. The van der Waals surface area contributed by atoms with Gasteiger partial charge in [-0.25, -0.2) is 0 Å². The van der Waals surface area contributed by atoms with Crippen molar-refractivity contribution in [1.29, 1.82) is 0 Å². The first-order valence-corrected chi connectivity index (χ1v) is 11.8. The predicted octanol–water partition coefficient (Wildman–Crippen LogP) is 6.86. The van der Waals surface area contributed by atoms with Gasteiger partial charge in [-0.05, 0) is 38.5 Å². The van der Waals surface area contributed by atoms with Gasteiger partial charge in [-0.1, -0.05) is 80.1 Å². The second-order valence-corrected chi connectivity index (χ2v) is 7.76. The summed E-state index contributed by atoms with van der Waals surface area (Å²) in [7, 11) is 0. The Kier molecular flexibility index (Phi) is 33.9. The molecule has 6 nitrogen and oxygen atoms in total. The third kappa shape index (κ3) is 25.8. The van der Waals surface area contributed by atoms with E-state index < -0.39 is 17.9 Å². The number of hydrogen-bond acceptors (Lipinski definition) is 3. The molecule has 3 atom stereocenters. The molecule has 0 saturated heterocycles. The van der Waals surface area contributed by atoms with E-state index in [1.807, 2.05) is 20.8 Å². The van der Waals surface area contributed by atoms with Crippen molar-refractivity contribution in [3.05, 3.63) is 0 Å². The van der Waals surface area contributed by atoms with Gasteiger partial charge in [-0.3, -0.25) is 14.4 Å². The van der Waals surface area contributed by atoms with Gasteiger partial charge in [0, 0.05) is 38.2 Å². The van der Waals surface area contributed by atoms with E-state index in [-0.39, 0.29) is 55.9 Å². The van der Waals surface area contributed by atoms with Crippen LogP contribution in [0.25, 0.3) is 0 Å². The quantitative estimate of drug-likeness (QED) is 0.191. The largest absolute Gasteiger partial charge is 0.481 e. The number of carbonyl (C=O) groups is 3. The number of aliphatic carboxylic acids is 3. The predicted molar refractivity (Wildman–Crippen MR) is 123 cm³/mol. The minimum absolute atomic E-state index is 0. The first kappa shape index (κ1) is 38.0. The third-order valence-electron chi connectivity index (χ3n) is 5.24. The van der Waals surface area contributed by atoms with Crippen LogP contribution in [0, 0.1) is 55.9 Å². The molecule has 7 heteroatoms. The second kappa shape index (κ2) is 27.7. The van der Waals surface area contributed by atoms with Gasteiger partial charge in [0.25, 0.3) is 0 Å². The fourth-order valence-electron chi connectivity index (χ4n) is 2.86. The van der Waals surface area contributed by atoms with E-state index in [9.17, 15) is 14.4 Å². The topological polar surface area (TPSA) is 112 Å². The zero-order valence-electron chi connectivity index (χ0n) is 20.6. The Balaban J connectivity index is -0.000000174. The van der Waals surface area contributed by atoms with Crippen molar-refractivity contribution in [2.75, 3.05) is 0 Å². The summed E-state index contributed by atoms with van der Waals surface area (Å²) in [5.41, 5.74) is 0. The zero-order chi connectivity index (χ0) is 23.9. The number of hydrogen-bond donors (Lipinski definition) is 3. The van der Waals surface area contributed by atoms with Gasteiger partial charge in [0.2, 0.25) is 0 Å². The minimum atomic E-state index is -0.643. The van der Waals surface area contributed by atoms with Gasteiger partial charge in [0.1, 0.15) is 0 Å². The summed E-state index contributed by atoms with van der Waals surface area (Å²) in [5.74, 6) is -2.26. The standard InChI is InChI=1S/3C8H16O2.Dy/c3*1-3-5-6-7(4-2)8(9)10;/h3*7H,3-6H2,1-2H3,(H,9,10);. The van der Waals surface area contributed by atoms with E-state index in [1.165, 1.54) is 0 Å². The number of carboxylic acids is 3. The van der Waals surface area contributed by atoms with E-state index in [0.29, 0.717) is 0 Å². The van der Waals surface area contributed by atoms with Crippen LogP contribution < -0.4 is 0 Å². The maximum absolute atomic E-state index is 10.4. The molecule has 0 radical (unpaired) electrons. The molecule has 0 aromatic carbocycles. The summed E-state index contributed by atoms with van der Waals surface area (Å²) in [4.78, 5) is 31.3. The van der Waals surface area contributed by atoms with Crippen LogP contribution in [-0.2, 0) is 14.4 Å². The van der Waals surface area contributed by atoms with E-state index in [4.69, 9.17) is 15.3 Å². The van der Waals surface area contributed by atoms with Crippen molar-refractivity contribution in [3.63, 3.8) is 0 Å². The fourth-order valence-corrected chi connectivity index (χ4v) is 2.86. The average molecular weight is 595 g/mol. The Morgan fingerprint density at radius 3 is 0.806 bits per heavy atom. The van der Waals surface area contributed by atoms with Gasteiger partial charge in [0.15, 0.2) is 0 Å². The van der Waals surface area contributed by atoms with Gasteiger partial charge in [0.05, 0.1) is 17.8 Å². The van der Waals surface area contributed by atoms with E-state index in [0.717, 1.165) is 77.0 Å². The van der Waals surface area contributed by atoms with Crippen molar-refractivity contribution >= 4 is 17.9 Å². The molecule has 0 rings (SSSR count). The molecule has 0 aliphatic rings. The molecule has 0 heterocycles. The molecule has 0 fully saturated rings. The molecule has 0 aliphatic carbocycles. The molecule has 0 amide bonds. The van der Waals surface area contributed by atoms with E-state index >= 15 is 0 Å². The fraction of sp³-hybridized carbons (Fsp3) is 0.875. The summed E-state index contributed by atoms with van der Waals surface area (Å²) in [6, 6.07) is 0. The molecule has 0 aliphatic heterocycles. The van der Waals surface area contributed by atoms with Crippen LogP contribution in [0.4, 0.5) is 0 Å². The number of carboxylic acid groups (broad SMARTS) is 3. The van der Waals surface area contributed by atoms with Gasteiger partial charge < -0.3 is 15.3 Å².